The van der Waals surface area contributed by atoms with Crippen LogP contribution in [0.25, 0.3) is 0 Å². The Morgan fingerprint density at radius 3 is 2.83 bits per heavy atom. The maximum Gasteiger partial charge on any atom is 0.408 e. The van der Waals surface area contributed by atoms with Crippen LogP contribution in [-0.2, 0) is 17.6 Å². The quantitative estimate of drug-likeness (QED) is 0.594. The second kappa shape index (κ2) is 10.9. The summed E-state index contributed by atoms with van der Waals surface area (Å²) in [6, 6.07) is 15.2. The Hall–Kier alpha value is -2.48. The number of hydrogen-bond acceptors (Lipinski definition) is 6. The minimum absolute atomic E-state index is 0.330. The first-order chi connectivity index (χ1) is 14.1. The van der Waals surface area contributed by atoms with E-state index in [0.29, 0.717) is 25.9 Å². The third-order valence-corrected chi connectivity index (χ3v) is 5.15. The van der Waals surface area contributed by atoms with Gasteiger partial charge in [0, 0.05) is 44.0 Å². The molecule has 1 amide bonds. The molecule has 0 aliphatic carbocycles. The number of likely N-dealkylation sites (tertiary alicyclic amines) is 1. The molecule has 0 radical (unpaired) electrons. The van der Waals surface area contributed by atoms with Crippen molar-refractivity contribution in [3.8, 4) is 0 Å². The van der Waals surface area contributed by atoms with Gasteiger partial charge in [-0.2, -0.15) is 0 Å². The minimum Gasteiger partial charge on any atom is -0.430 e. The van der Waals surface area contributed by atoms with Crippen molar-refractivity contribution in [3.63, 3.8) is 0 Å². The van der Waals surface area contributed by atoms with E-state index >= 15 is 0 Å². The molecule has 29 heavy (non-hydrogen) atoms. The molecule has 7 heteroatoms. The van der Waals surface area contributed by atoms with Crippen molar-refractivity contribution in [2.45, 2.75) is 44.1 Å². The number of rotatable bonds is 9. The second-order valence-corrected chi connectivity index (χ2v) is 7.42. The molecule has 3 rings (SSSR count). The van der Waals surface area contributed by atoms with E-state index in [4.69, 9.17) is 10.5 Å². The predicted octanol–water partition coefficient (Wildman–Crippen LogP) is 1.70. The van der Waals surface area contributed by atoms with E-state index in [9.17, 15) is 9.90 Å². The first-order valence-electron chi connectivity index (χ1n) is 10.2. The van der Waals surface area contributed by atoms with Crippen LogP contribution in [0, 0.1) is 0 Å². The summed E-state index contributed by atoms with van der Waals surface area (Å²) in [5.74, 6) is 0. The zero-order chi connectivity index (χ0) is 20.5. The highest BCUT2D eigenvalue weighted by Crippen LogP contribution is 2.19. The van der Waals surface area contributed by atoms with Crippen LogP contribution in [0.15, 0.2) is 54.7 Å². The molecular weight excluding hydrogens is 368 g/mol. The van der Waals surface area contributed by atoms with Crippen molar-refractivity contribution in [3.05, 3.63) is 66.0 Å². The van der Waals surface area contributed by atoms with E-state index in [1.54, 1.807) is 6.20 Å². The molecule has 2 heterocycles. The van der Waals surface area contributed by atoms with Crippen molar-refractivity contribution in [2.75, 3.05) is 19.6 Å². The number of aromatic nitrogens is 1. The Labute approximate surface area is 171 Å². The van der Waals surface area contributed by atoms with Crippen LogP contribution in [0.5, 0.6) is 0 Å². The second-order valence-electron chi connectivity index (χ2n) is 7.42. The third-order valence-electron chi connectivity index (χ3n) is 5.15. The highest BCUT2D eigenvalue weighted by molar-refractivity contribution is 5.67. The molecule has 156 valence electrons. The van der Waals surface area contributed by atoms with Crippen LogP contribution in [0.3, 0.4) is 0 Å². The van der Waals surface area contributed by atoms with Crippen molar-refractivity contribution in [1.29, 1.82) is 0 Å². The SMILES string of the molecule is NC(Cc1ccccc1)C(O)CN1CCCC1OC(=O)NCCc1ccccn1. The number of amides is 1. The summed E-state index contributed by atoms with van der Waals surface area (Å²) in [4.78, 5) is 18.4. The summed E-state index contributed by atoms with van der Waals surface area (Å²) in [7, 11) is 0. The molecule has 4 N–H and O–H groups in total. The van der Waals surface area contributed by atoms with E-state index in [2.05, 4.69) is 10.3 Å². The van der Waals surface area contributed by atoms with Gasteiger partial charge in [-0.1, -0.05) is 36.4 Å². The lowest BCUT2D eigenvalue weighted by Crippen LogP contribution is -2.47. The van der Waals surface area contributed by atoms with Gasteiger partial charge >= 0.3 is 6.09 Å². The van der Waals surface area contributed by atoms with Gasteiger partial charge in [0.2, 0.25) is 0 Å². The van der Waals surface area contributed by atoms with Crippen LogP contribution < -0.4 is 11.1 Å². The summed E-state index contributed by atoms with van der Waals surface area (Å²) < 4.78 is 5.56. The number of nitrogens with two attached hydrogens (primary N) is 1. The van der Waals surface area contributed by atoms with E-state index in [0.717, 1.165) is 30.6 Å². The number of aliphatic hydroxyl groups is 1. The third kappa shape index (κ3) is 6.81. The summed E-state index contributed by atoms with van der Waals surface area (Å²) in [5.41, 5.74) is 8.21. The monoisotopic (exact) mass is 398 g/mol. The molecule has 7 nitrogen and oxygen atoms in total. The maximum atomic E-state index is 12.1. The van der Waals surface area contributed by atoms with Gasteiger partial charge in [0.05, 0.1) is 6.10 Å². The fourth-order valence-corrected chi connectivity index (χ4v) is 3.54. The Balaban J connectivity index is 1.41. The molecular formula is C22H30N4O3. The van der Waals surface area contributed by atoms with Gasteiger partial charge in [-0.25, -0.2) is 4.79 Å². The van der Waals surface area contributed by atoms with E-state index in [1.165, 1.54) is 0 Å². The first-order valence-corrected chi connectivity index (χ1v) is 10.2. The first kappa shape index (κ1) is 21.2. The van der Waals surface area contributed by atoms with Crippen LogP contribution in [0.4, 0.5) is 4.79 Å². The van der Waals surface area contributed by atoms with Crippen molar-refractivity contribution < 1.29 is 14.6 Å². The zero-order valence-electron chi connectivity index (χ0n) is 16.6. The van der Waals surface area contributed by atoms with Gasteiger partial charge < -0.3 is 20.9 Å². The molecule has 0 spiro atoms. The molecule has 3 atom stereocenters. The summed E-state index contributed by atoms with van der Waals surface area (Å²) in [6.07, 6.45) is 3.21. The van der Waals surface area contributed by atoms with Crippen molar-refractivity contribution in [2.24, 2.45) is 5.73 Å². The number of carbonyl (C=O) groups is 1. The summed E-state index contributed by atoms with van der Waals surface area (Å²) >= 11 is 0. The lowest BCUT2D eigenvalue weighted by Gasteiger charge is -2.28. The van der Waals surface area contributed by atoms with Gasteiger partial charge in [-0.15, -0.1) is 0 Å². The number of carbonyl (C=O) groups excluding carboxylic acids is 1. The molecule has 0 bridgehead atoms. The number of hydrogen-bond donors (Lipinski definition) is 3. The Morgan fingerprint density at radius 2 is 2.07 bits per heavy atom. The molecule has 1 aliphatic rings. The number of β-amino-alcohol motifs (C(OH)–C–C–N with tert-alkyl or cyclic N) is 1. The van der Waals surface area contributed by atoms with Crippen LogP contribution in [-0.4, -0.2) is 59.1 Å². The largest absolute Gasteiger partial charge is 0.430 e. The summed E-state index contributed by atoms with van der Waals surface area (Å²) in [5, 5.41) is 13.3. The number of nitrogens with zero attached hydrogens (tertiary/aromatic N) is 2. The van der Waals surface area contributed by atoms with Gasteiger partial charge in [-0.05, 0) is 37.0 Å². The van der Waals surface area contributed by atoms with Gasteiger partial charge in [-0.3, -0.25) is 9.88 Å². The Morgan fingerprint density at radius 1 is 1.28 bits per heavy atom. The molecule has 1 saturated heterocycles. The van der Waals surface area contributed by atoms with E-state index < -0.39 is 12.2 Å². The zero-order valence-corrected chi connectivity index (χ0v) is 16.6. The molecule has 3 unspecified atom stereocenters. The van der Waals surface area contributed by atoms with E-state index in [-0.39, 0.29) is 12.3 Å². The number of aliphatic hydroxyl groups excluding tert-OH is 1. The van der Waals surface area contributed by atoms with Crippen molar-refractivity contribution >= 4 is 6.09 Å². The number of nitrogens with one attached hydrogen (secondary N) is 1. The predicted molar refractivity (Wildman–Crippen MR) is 111 cm³/mol. The maximum absolute atomic E-state index is 12.1. The number of benzene rings is 1. The molecule has 0 saturated carbocycles. The van der Waals surface area contributed by atoms with Gasteiger partial charge in [0.25, 0.3) is 0 Å². The van der Waals surface area contributed by atoms with Gasteiger partial charge in [0.1, 0.15) is 0 Å². The fraction of sp³-hybridized carbons (Fsp3) is 0.455. The highest BCUT2D eigenvalue weighted by Gasteiger charge is 2.30. The van der Waals surface area contributed by atoms with E-state index in [1.807, 2.05) is 53.4 Å². The molecule has 1 aromatic heterocycles. The van der Waals surface area contributed by atoms with Crippen LogP contribution >= 0.6 is 0 Å². The number of ether oxygens (including phenoxy) is 1. The molecule has 1 fully saturated rings. The molecule has 1 aliphatic heterocycles. The lowest BCUT2D eigenvalue weighted by atomic mass is 10.0. The Kier molecular flexibility index (Phi) is 7.98. The van der Waals surface area contributed by atoms with Crippen LogP contribution in [0.1, 0.15) is 24.1 Å². The van der Waals surface area contributed by atoms with Crippen LogP contribution in [0.2, 0.25) is 0 Å². The molecule has 2 aromatic rings. The Bertz CT molecular complexity index is 744. The van der Waals surface area contributed by atoms with Crippen molar-refractivity contribution in [1.82, 2.24) is 15.2 Å². The average molecular weight is 399 g/mol. The summed E-state index contributed by atoms with van der Waals surface area (Å²) in [6.45, 7) is 1.63. The minimum atomic E-state index is -0.688. The lowest BCUT2D eigenvalue weighted by molar-refractivity contribution is -0.0128. The topological polar surface area (TPSA) is 101 Å². The average Bonchev–Trinajstić information content (AvgIpc) is 3.16. The fourth-order valence-electron chi connectivity index (χ4n) is 3.54. The smallest absolute Gasteiger partial charge is 0.408 e. The molecule has 1 aromatic carbocycles. The number of alkyl carbamates (subject to hydrolysis) is 1. The highest BCUT2D eigenvalue weighted by atomic mass is 16.6. The van der Waals surface area contributed by atoms with Gasteiger partial charge in [0.15, 0.2) is 6.23 Å². The number of pyridine rings is 1. The standard InChI is InChI=1S/C22H30N4O3/c23-19(15-17-7-2-1-3-8-17)20(27)16-26-14-6-10-21(26)29-22(28)25-13-11-18-9-4-5-12-24-18/h1-5,7-9,12,19-21,27H,6,10-11,13-16,23H2,(H,25,28). The normalized spacial score (nSPS) is 18.9.